The van der Waals surface area contributed by atoms with E-state index in [0.29, 0.717) is 12.1 Å². The van der Waals surface area contributed by atoms with Crippen LogP contribution in [-0.4, -0.2) is 81.3 Å². The molecule has 0 aliphatic rings. The van der Waals surface area contributed by atoms with Gasteiger partial charge in [-0.15, -0.1) is 0 Å². The van der Waals surface area contributed by atoms with Crippen LogP contribution in [0.5, 0.6) is 0 Å². The molecule has 0 aliphatic carbocycles. The highest BCUT2D eigenvalue weighted by molar-refractivity contribution is 5.96. The van der Waals surface area contributed by atoms with Gasteiger partial charge in [0.05, 0.1) is 18.8 Å². The normalized spacial score (nSPS) is 14.7. The van der Waals surface area contributed by atoms with Crippen molar-refractivity contribution in [2.45, 2.75) is 70.1 Å². The van der Waals surface area contributed by atoms with Crippen molar-refractivity contribution >= 4 is 35.6 Å². The Labute approximate surface area is 219 Å². The van der Waals surface area contributed by atoms with Gasteiger partial charge in [0.2, 0.25) is 23.6 Å². The summed E-state index contributed by atoms with van der Waals surface area (Å²) in [5, 5.41) is 16.7. The number of carbonyl (C=O) groups is 5. The molecule has 1 rings (SSSR count). The van der Waals surface area contributed by atoms with Gasteiger partial charge in [-0.05, 0) is 18.8 Å². The largest absolute Gasteiger partial charge is 0.480 e. The van der Waals surface area contributed by atoms with Crippen molar-refractivity contribution < 1.29 is 29.1 Å². The number of carboxylic acid groups (broad SMARTS) is 1. The van der Waals surface area contributed by atoms with Crippen molar-refractivity contribution in [3.8, 4) is 0 Å². The molecule has 212 valence electrons. The lowest BCUT2D eigenvalue weighted by Crippen LogP contribution is -2.58. The first-order valence-corrected chi connectivity index (χ1v) is 12.1. The lowest BCUT2D eigenvalue weighted by molar-refractivity contribution is -0.144. The fourth-order valence-corrected chi connectivity index (χ4v) is 3.40. The van der Waals surface area contributed by atoms with E-state index in [2.05, 4.69) is 30.9 Å². The van der Waals surface area contributed by atoms with E-state index in [-0.39, 0.29) is 31.8 Å². The van der Waals surface area contributed by atoms with Crippen LogP contribution >= 0.6 is 0 Å². The number of hydrogen-bond acceptors (Lipinski definition) is 8. The SMILES string of the molecule is CCC(C)C(NC(=O)C(CC(N)=O)NC(=O)C(CCCN=C(N)N)NC(=O)C(N)Cc1cnc[nH]1)C(=O)O. The van der Waals surface area contributed by atoms with Crippen molar-refractivity contribution in [3.05, 3.63) is 18.2 Å². The second kappa shape index (κ2) is 15.8. The topological polar surface area (TPSA) is 287 Å². The fourth-order valence-electron chi connectivity index (χ4n) is 3.40. The Balaban J connectivity index is 3.03. The maximum atomic E-state index is 13.1. The summed E-state index contributed by atoms with van der Waals surface area (Å²) in [7, 11) is 0. The number of carboxylic acids is 1. The summed E-state index contributed by atoms with van der Waals surface area (Å²) < 4.78 is 0. The van der Waals surface area contributed by atoms with Crippen LogP contribution in [0, 0.1) is 5.92 Å². The molecule has 0 radical (unpaired) electrons. The Hall–Kier alpha value is -4.21. The molecular weight excluding hydrogens is 500 g/mol. The average Bonchev–Trinajstić information content (AvgIpc) is 3.35. The molecule has 16 nitrogen and oxygen atoms in total. The minimum absolute atomic E-state index is 0.0562. The van der Waals surface area contributed by atoms with Crippen LogP contribution in [0.25, 0.3) is 0 Å². The van der Waals surface area contributed by atoms with Crippen molar-refractivity contribution in [2.24, 2.45) is 33.8 Å². The summed E-state index contributed by atoms with van der Waals surface area (Å²) in [6, 6.07) is -4.95. The Morgan fingerprint density at radius 1 is 1.05 bits per heavy atom. The van der Waals surface area contributed by atoms with Gasteiger partial charge in [0, 0.05) is 24.9 Å². The number of hydrogen-bond donors (Lipinski definition) is 9. The number of aliphatic carboxylic acids is 1. The number of H-pyrrole nitrogens is 1. The predicted octanol–water partition coefficient (Wildman–Crippen LogP) is -3.21. The zero-order valence-corrected chi connectivity index (χ0v) is 21.5. The molecule has 0 aromatic carbocycles. The Bertz CT molecular complexity index is 979. The van der Waals surface area contributed by atoms with E-state index in [0.717, 1.165) is 0 Å². The van der Waals surface area contributed by atoms with Crippen molar-refractivity contribution in [1.82, 2.24) is 25.9 Å². The molecule has 0 bridgehead atoms. The van der Waals surface area contributed by atoms with E-state index in [1.165, 1.54) is 12.5 Å². The van der Waals surface area contributed by atoms with Crippen LogP contribution in [0.2, 0.25) is 0 Å². The van der Waals surface area contributed by atoms with Crippen LogP contribution < -0.4 is 38.9 Å². The van der Waals surface area contributed by atoms with Gasteiger partial charge in [-0.2, -0.15) is 0 Å². The molecule has 1 aromatic rings. The molecule has 5 atom stereocenters. The summed E-state index contributed by atoms with van der Waals surface area (Å²) in [6.45, 7) is 3.54. The lowest BCUT2D eigenvalue weighted by atomic mass is 9.98. The predicted molar refractivity (Wildman–Crippen MR) is 137 cm³/mol. The summed E-state index contributed by atoms with van der Waals surface area (Å²) in [5.74, 6) is -5.13. The highest BCUT2D eigenvalue weighted by Crippen LogP contribution is 2.09. The molecule has 5 unspecified atom stereocenters. The average molecular weight is 539 g/mol. The summed E-state index contributed by atoms with van der Waals surface area (Å²) >= 11 is 0. The standard InChI is InChI=1S/C22H38N10O6/c1-3-11(2)17(21(37)38)32-20(36)15(8-16(24)33)31-19(35)14(5-4-6-28-22(25)26)30-18(34)13(23)7-12-9-27-10-29-12/h9-11,13-15,17H,3-8,23H2,1-2H3,(H2,24,33)(H,27,29)(H,30,34)(H,31,35)(H,32,36)(H,37,38)(H4,25,26,28). The second-order valence-corrected chi connectivity index (χ2v) is 8.84. The molecular formula is C22H38N10O6. The number of aromatic nitrogens is 2. The van der Waals surface area contributed by atoms with Gasteiger partial charge >= 0.3 is 5.97 Å². The second-order valence-electron chi connectivity index (χ2n) is 8.84. The first-order chi connectivity index (χ1) is 17.8. The van der Waals surface area contributed by atoms with E-state index in [9.17, 15) is 29.1 Å². The molecule has 0 aliphatic heterocycles. The fraction of sp³-hybridized carbons (Fsp3) is 0.591. The van der Waals surface area contributed by atoms with E-state index in [4.69, 9.17) is 22.9 Å². The number of nitrogens with zero attached hydrogens (tertiary/aromatic N) is 2. The number of nitrogens with one attached hydrogen (secondary N) is 4. The first-order valence-electron chi connectivity index (χ1n) is 12.1. The highest BCUT2D eigenvalue weighted by atomic mass is 16.4. The van der Waals surface area contributed by atoms with Crippen LogP contribution in [0.4, 0.5) is 0 Å². The molecule has 0 saturated heterocycles. The van der Waals surface area contributed by atoms with Gasteiger partial charge in [-0.3, -0.25) is 24.2 Å². The van der Waals surface area contributed by atoms with Gasteiger partial charge in [-0.25, -0.2) is 9.78 Å². The number of nitrogens with two attached hydrogens (primary N) is 4. The molecule has 0 spiro atoms. The van der Waals surface area contributed by atoms with Crippen LogP contribution in [-0.2, 0) is 30.4 Å². The molecule has 4 amide bonds. The monoisotopic (exact) mass is 538 g/mol. The van der Waals surface area contributed by atoms with Gasteiger partial charge in [0.1, 0.15) is 18.1 Å². The summed E-state index contributed by atoms with van der Waals surface area (Å²) in [5.41, 5.74) is 22.5. The van der Waals surface area contributed by atoms with Gasteiger partial charge < -0.3 is 49.0 Å². The maximum absolute atomic E-state index is 13.1. The number of carbonyl (C=O) groups excluding carboxylic acids is 4. The molecule has 0 fully saturated rings. The number of aromatic amines is 1. The molecule has 1 aromatic heterocycles. The smallest absolute Gasteiger partial charge is 0.326 e. The van der Waals surface area contributed by atoms with E-state index in [1.54, 1.807) is 13.8 Å². The number of aliphatic imine (C=N–C) groups is 1. The quantitative estimate of drug-likeness (QED) is 0.0543. The Morgan fingerprint density at radius 2 is 1.68 bits per heavy atom. The number of amides is 4. The van der Waals surface area contributed by atoms with Crippen LogP contribution in [0.3, 0.4) is 0 Å². The third kappa shape index (κ3) is 11.2. The van der Waals surface area contributed by atoms with E-state index >= 15 is 0 Å². The molecule has 0 saturated carbocycles. The number of imidazole rings is 1. The third-order valence-electron chi connectivity index (χ3n) is 5.72. The highest BCUT2D eigenvalue weighted by Gasteiger charge is 2.32. The van der Waals surface area contributed by atoms with Crippen LogP contribution in [0.15, 0.2) is 17.5 Å². The number of rotatable bonds is 17. The van der Waals surface area contributed by atoms with Crippen molar-refractivity contribution in [2.75, 3.05) is 6.54 Å². The van der Waals surface area contributed by atoms with E-state index in [1.807, 2.05) is 0 Å². The first kappa shape index (κ1) is 31.8. The van der Waals surface area contributed by atoms with Crippen LogP contribution in [0.1, 0.15) is 45.2 Å². The molecule has 38 heavy (non-hydrogen) atoms. The summed E-state index contributed by atoms with van der Waals surface area (Å²) in [4.78, 5) is 72.4. The van der Waals surface area contributed by atoms with Crippen molar-refractivity contribution in [1.29, 1.82) is 0 Å². The zero-order chi connectivity index (χ0) is 28.8. The van der Waals surface area contributed by atoms with E-state index < -0.39 is 66.1 Å². The molecule has 13 N–H and O–H groups in total. The maximum Gasteiger partial charge on any atom is 0.326 e. The number of guanidine groups is 1. The molecule has 1 heterocycles. The summed E-state index contributed by atoms with van der Waals surface area (Å²) in [6.07, 6.45) is 3.23. The minimum Gasteiger partial charge on any atom is -0.480 e. The molecule has 16 heteroatoms. The third-order valence-corrected chi connectivity index (χ3v) is 5.72. The zero-order valence-electron chi connectivity index (χ0n) is 21.5. The van der Waals surface area contributed by atoms with Crippen molar-refractivity contribution in [3.63, 3.8) is 0 Å². The van der Waals surface area contributed by atoms with Gasteiger partial charge in [-0.1, -0.05) is 20.3 Å². The van der Waals surface area contributed by atoms with Gasteiger partial charge in [0.25, 0.3) is 0 Å². The minimum atomic E-state index is -1.48. The number of primary amides is 1. The lowest BCUT2D eigenvalue weighted by Gasteiger charge is -2.26. The Morgan fingerprint density at radius 3 is 2.21 bits per heavy atom. The Kier molecular flexibility index (Phi) is 13.2. The van der Waals surface area contributed by atoms with Gasteiger partial charge in [0.15, 0.2) is 5.96 Å².